The fourth-order valence-corrected chi connectivity index (χ4v) is 3.78. The Kier molecular flexibility index (Phi) is 3.67. The number of rotatable bonds is 1. The Morgan fingerprint density at radius 3 is 2.21 bits per heavy atom. The summed E-state index contributed by atoms with van der Waals surface area (Å²) >= 11 is 18.3. The van der Waals surface area contributed by atoms with Crippen molar-refractivity contribution in [3.05, 3.63) is 0 Å². The standard InChI is InChI=1S/C10H16Cl3F/c1-6(2)10(13)8(11)4-7(3)5-9(10,12)14/h6-8H,4-5H2,1-3H3. The summed E-state index contributed by atoms with van der Waals surface area (Å²) in [5, 5.41) is -2.30. The third kappa shape index (κ3) is 1.88. The van der Waals surface area contributed by atoms with Gasteiger partial charge in [0.1, 0.15) is 4.87 Å². The molecule has 0 radical (unpaired) electrons. The Balaban J connectivity index is 3.01. The van der Waals surface area contributed by atoms with Crippen LogP contribution in [0.2, 0.25) is 0 Å². The van der Waals surface area contributed by atoms with E-state index >= 15 is 0 Å². The Bertz CT molecular complexity index is 217. The quantitative estimate of drug-likeness (QED) is 0.607. The lowest BCUT2D eigenvalue weighted by molar-refractivity contribution is 0.0885. The van der Waals surface area contributed by atoms with Gasteiger partial charge in [-0.05, 0) is 24.7 Å². The van der Waals surface area contributed by atoms with Crippen LogP contribution < -0.4 is 0 Å². The molecule has 0 N–H and O–H groups in total. The van der Waals surface area contributed by atoms with Gasteiger partial charge in [0, 0.05) is 0 Å². The first-order valence-corrected chi connectivity index (χ1v) is 6.12. The zero-order chi connectivity index (χ0) is 11.1. The van der Waals surface area contributed by atoms with Crippen LogP contribution in [0.1, 0.15) is 33.6 Å². The van der Waals surface area contributed by atoms with E-state index in [9.17, 15) is 4.39 Å². The van der Waals surface area contributed by atoms with E-state index in [0.29, 0.717) is 0 Å². The smallest absolute Gasteiger partial charge is 0.204 e. The minimum atomic E-state index is -1.90. The van der Waals surface area contributed by atoms with Gasteiger partial charge in [-0.2, -0.15) is 0 Å². The summed E-state index contributed by atoms with van der Waals surface area (Å²) in [6, 6.07) is 0. The lowest BCUT2D eigenvalue weighted by Gasteiger charge is -2.48. The molecule has 0 aromatic rings. The molecular formula is C10H16Cl3F. The van der Waals surface area contributed by atoms with Gasteiger partial charge in [-0.3, -0.25) is 0 Å². The lowest BCUT2D eigenvalue weighted by Crippen LogP contribution is -2.57. The van der Waals surface area contributed by atoms with Gasteiger partial charge in [-0.1, -0.05) is 32.4 Å². The Morgan fingerprint density at radius 1 is 1.36 bits per heavy atom. The van der Waals surface area contributed by atoms with Crippen molar-refractivity contribution in [3.63, 3.8) is 0 Å². The summed E-state index contributed by atoms with van der Waals surface area (Å²) in [5.74, 6) is 0.104. The second kappa shape index (κ2) is 3.99. The van der Waals surface area contributed by atoms with Crippen LogP contribution in [0.25, 0.3) is 0 Å². The largest absolute Gasteiger partial charge is 0.224 e. The molecule has 0 aliphatic heterocycles. The molecule has 4 atom stereocenters. The Morgan fingerprint density at radius 2 is 1.86 bits per heavy atom. The molecule has 0 heterocycles. The van der Waals surface area contributed by atoms with E-state index in [-0.39, 0.29) is 18.3 Å². The molecule has 0 bridgehead atoms. The van der Waals surface area contributed by atoms with E-state index in [1.54, 1.807) is 0 Å². The second-order valence-electron chi connectivity index (χ2n) is 4.64. The molecule has 4 heteroatoms. The predicted molar refractivity (Wildman–Crippen MR) is 61.2 cm³/mol. The van der Waals surface area contributed by atoms with Crippen molar-refractivity contribution in [2.75, 3.05) is 0 Å². The SMILES string of the molecule is CC1CC(Cl)C(Cl)(C(C)C)C(F)(Cl)C1. The van der Waals surface area contributed by atoms with E-state index in [1.165, 1.54) is 0 Å². The molecule has 1 saturated carbocycles. The van der Waals surface area contributed by atoms with E-state index in [4.69, 9.17) is 34.8 Å². The van der Waals surface area contributed by atoms with Crippen LogP contribution in [0, 0.1) is 11.8 Å². The van der Waals surface area contributed by atoms with Crippen molar-refractivity contribution in [1.29, 1.82) is 0 Å². The van der Waals surface area contributed by atoms with Crippen molar-refractivity contribution in [2.24, 2.45) is 11.8 Å². The predicted octanol–water partition coefficient (Wildman–Crippen LogP) is 4.56. The highest BCUT2D eigenvalue weighted by atomic mass is 35.5. The summed E-state index contributed by atoms with van der Waals surface area (Å²) in [6.45, 7) is 5.66. The highest BCUT2D eigenvalue weighted by Crippen LogP contribution is 2.55. The van der Waals surface area contributed by atoms with Crippen LogP contribution in [0.4, 0.5) is 4.39 Å². The molecule has 0 spiro atoms. The van der Waals surface area contributed by atoms with Crippen molar-refractivity contribution in [3.8, 4) is 0 Å². The molecular weight excluding hydrogens is 245 g/mol. The zero-order valence-corrected chi connectivity index (χ0v) is 10.9. The first kappa shape index (κ1) is 12.9. The minimum absolute atomic E-state index is 0.0818. The van der Waals surface area contributed by atoms with Gasteiger partial charge in [0.25, 0.3) is 0 Å². The maximum atomic E-state index is 14.2. The van der Waals surface area contributed by atoms with Crippen LogP contribution in [0.15, 0.2) is 0 Å². The molecule has 0 saturated heterocycles. The summed E-state index contributed by atoms with van der Waals surface area (Å²) in [5.41, 5.74) is 0. The van der Waals surface area contributed by atoms with Gasteiger partial charge in [0.05, 0.1) is 5.38 Å². The third-order valence-electron chi connectivity index (χ3n) is 3.07. The summed E-state index contributed by atoms with van der Waals surface area (Å²) in [6.07, 6.45) is 1.00. The monoisotopic (exact) mass is 260 g/mol. The first-order valence-electron chi connectivity index (χ1n) is 4.92. The second-order valence-corrected chi connectivity index (χ2v) is 6.39. The van der Waals surface area contributed by atoms with Gasteiger partial charge in [0.15, 0.2) is 0 Å². The number of alkyl halides is 4. The van der Waals surface area contributed by atoms with Crippen LogP contribution in [0.5, 0.6) is 0 Å². The zero-order valence-electron chi connectivity index (χ0n) is 8.66. The van der Waals surface area contributed by atoms with Crippen molar-refractivity contribution in [1.82, 2.24) is 0 Å². The lowest BCUT2D eigenvalue weighted by atomic mass is 9.74. The number of hydrogen-bond donors (Lipinski definition) is 0. The summed E-state index contributed by atoms with van der Waals surface area (Å²) < 4.78 is 14.2. The molecule has 1 rings (SSSR count). The molecule has 1 aliphatic carbocycles. The van der Waals surface area contributed by atoms with Gasteiger partial charge in [0.2, 0.25) is 5.13 Å². The fourth-order valence-electron chi connectivity index (χ4n) is 2.22. The molecule has 0 aromatic carbocycles. The molecule has 1 aliphatic rings. The third-order valence-corrected chi connectivity index (χ3v) is 5.27. The van der Waals surface area contributed by atoms with E-state index < -0.39 is 15.4 Å². The van der Waals surface area contributed by atoms with Crippen LogP contribution in [-0.4, -0.2) is 15.4 Å². The molecule has 0 amide bonds. The minimum Gasteiger partial charge on any atom is -0.224 e. The average molecular weight is 262 g/mol. The van der Waals surface area contributed by atoms with E-state index in [1.807, 2.05) is 20.8 Å². The van der Waals surface area contributed by atoms with Crippen molar-refractivity contribution >= 4 is 34.8 Å². The summed E-state index contributed by atoms with van der Waals surface area (Å²) in [7, 11) is 0. The Hall–Kier alpha value is 0.800. The topological polar surface area (TPSA) is 0 Å². The number of halogens is 4. The first-order chi connectivity index (χ1) is 6.22. The highest BCUT2D eigenvalue weighted by molar-refractivity contribution is 6.39. The van der Waals surface area contributed by atoms with Crippen molar-refractivity contribution in [2.45, 2.75) is 49.0 Å². The number of hydrogen-bond acceptors (Lipinski definition) is 0. The van der Waals surface area contributed by atoms with E-state index in [0.717, 1.165) is 6.42 Å². The molecule has 4 unspecified atom stereocenters. The van der Waals surface area contributed by atoms with Crippen LogP contribution >= 0.6 is 34.8 Å². The molecule has 0 nitrogen and oxygen atoms in total. The maximum absolute atomic E-state index is 14.2. The molecule has 84 valence electrons. The van der Waals surface area contributed by atoms with Gasteiger partial charge in [-0.15, -0.1) is 23.2 Å². The molecule has 0 aromatic heterocycles. The van der Waals surface area contributed by atoms with Gasteiger partial charge in [-0.25, -0.2) is 4.39 Å². The normalized spacial score (nSPS) is 49.7. The molecule has 1 fully saturated rings. The summed E-state index contributed by atoms with van der Waals surface area (Å²) in [4.78, 5) is -1.15. The molecule has 14 heavy (non-hydrogen) atoms. The van der Waals surface area contributed by atoms with Gasteiger partial charge >= 0.3 is 0 Å². The van der Waals surface area contributed by atoms with Crippen LogP contribution in [0.3, 0.4) is 0 Å². The van der Waals surface area contributed by atoms with E-state index in [2.05, 4.69) is 0 Å². The van der Waals surface area contributed by atoms with Crippen molar-refractivity contribution < 1.29 is 4.39 Å². The maximum Gasteiger partial charge on any atom is 0.204 e. The highest BCUT2D eigenvalue weighted by Gasteiger charge is 2.59. The van der Waals surface area contributed by atoms with Crippen LogP contribution in [-0.2, 0) is 0 Å². The Labute approximate surface area is 100 Å². The average Bonchev–Trinajstić information content (AvgIpc) is 1.98. The fraction of sp³-hybridized carbons (Fsp3) is 1.00. The van der Waals surface area contributed by atoms with Gasteiger partial charge < -0.3 is 0 Å².